The molecule has 3 aliphatic heterocycles. The van der Waals surface area contributed by atoms with Crippen molar-refractivity contribution in [3.63, 3.8) is 0 Å². The highest BCUT2D eigenvalue weighted by atomic mass is 16.2. The monoisotopic (exact) mass is 355 g/mol. The molecule has 4 nitrogen and oxygen atoms in total. The van der Waals surface area contributed by atoms with Gasteiger partial charge < -0.3 is 9.80 Å². The van der Waals surface area contributed by atoms with Crippen LogP contribution in [0.3, 0.4) is 0 Å². The number of aryl methyl sites for hydroxylation is 1. The number of piperidine rings is 2. The second kappa shape index (κ2) is 6.88. The SMILES string of the molecule is Cc1cccc(N2CCC(N3CC[C@]4(CCCN(C)C4=O)C3)CC2)c1C. The van der Waals surface area contributed by atoms with Crippen LogP contribution in [-0.4, -0.2) is 61.5 Å². The molecule has 0 aliphatic carbocycles. The third kappa shape index (κ3) is 3.02. The van der Waals surface area contributed by atoms with Crippen LogP contribution in [0.5, 0.6) is 0 Å². The molecule has 0 unspecified atom stereocenters. The molecule has 142 valence electrons. The maximum Gasteiger partial charge on any atom is 0.229 e. The van der Waals surface area contributed by atoms with Gasteiger partial charge in [-0.2, -0.15) is 0 Å². The number of hydrogen-bond acceptors (Lipinski definition) is 3. The molecule has 0 saturated carbocycles. The zero-order valence-electron chi connectivity index (χ0n) is 16.6. The van der Waals surface area contributed by atoms with Gasteiger partial charge in [0, 0.05) is 45.0 Å². The standard InChI is InChI=1S/C22H33N3O/c1-17-6-4-7-20(18(17)2)24-13-8-19(9-14-24)25-15-11-22(16-25)10-5-12-23(3)21(22)26/h4,6-7,19H,5,8-16H2,1-3H3/t22-/m1/s1. The minimum atomic E-state index is -0.0722. The van der Waals surface area contributed by atoms with Crippen LogP contribution in [0.4, 0.5) is 5.69 Å². The quantitative estimate of drug-likeness (QED) is 0.815. The summed E-state index contributed by atoms with van der Waals surface area (Å²) in [6.45, 7) is 9.74. The summed E-state index contributed by atoms with van der Waals surface area (Å²) < 4.78 is 0. The highest BCUT2D eigenvalue weighted by Gasteiger charge is 2.48. The fourth-order valence-electron chi connectivity index (χ4n) is 5.41. The summed E-state index contributed by atoms with van der Waals surface area (Å²) in [5.74, 6) is 0.402. The van der Waals surface area contributed by atoms with Gasteiger partial charge in [-0.25, -0.2) is 0 Å². The van der Waals surface area contributed by atoms with Gasteiger partial charge in [-0.1, -0.05) is 12.1 Å². The molecular weight excluding hydrogens is 322 g/mol. The number of carbonyl (C=O) groups is 1. The molecule has 1 aromatic carbocycles. The lowest BCUT2D eigenvalue weighted by Gasteiger charge is -2.41. The molecular formula is C22H33N3O. The van der Waals surface area contributed by atoms with Crippen molar-refractivity contribution in [3.8, 4) is 0 Å². The van der Waals surface area contributed by atoms with Crippen molar-refractivity contribution in [2.45, 2.75) is 52.0 Å². The van der Waals surface area contributed by atoms with E-state index in [1.807, 2.05) is 11.9 Å². The molecule has 0 N–H and O–H groups in total. The third-order valence-electron chi connectivity index (χ3n) is 7.23. The van der Waals surface area contributed by atoms with Crippen LogP contribution in [0.15, 0.2) is 18.2 Å². The van der Waals surface area contributed by atoms with E-state index in [1.54, 1.807) is 0 Å². The van der Waals surface area contributed by atoms with Gasteiger partial charge in [-0.3, -0.25) is 9.69 Å². The second-order valence-corrected chi connectivity index (χ2v) is 8.77. The van der Waals surface area contributed by atoms with Crippen molar-refractivity contribution < 1.29 is 4.79 Å². The summed E-state index contributed by atoms with van der Waals surface area (Å²) in [6.07, 6.45) is 5.75. The minimum Gasteiger partial charge on any atom is -0.371 e. The summed E-state index contributed by atoms with van der Waals surface area (Å²) >= 11 is 0. The fourth-order valence-corrected chi connectivity index (χ4v) is 5.41. The zero-order valence-corrected chi connectivity index (χ0v) is 16.6. The molecule has 1 spiro atoms. The van der Waals surface area contributed by atoms with Crippen molar-refractivity contribution >= 4 is 11.6 Å². The zero-order chi connectivity index (χ0) is 18.3. The van der Waals surface area contributed by atoms with Crippen LogP contribution in [0, 0.1) is 19.3 Å². The molecule has 3 heterocycles. The molecule has 1 amide bonds. The summed E-state index contributed by atoms with van der Waals surface area (Å²) in [6, 6.07) is 7.30. The smallest absolute Gasteiger partial charge is 0.229 e. The van der Waals surface area contributed by atoms with Crippen molar-refractivity contribution in [3.05, 3.63) is 29.3 Å². The minimum absolute atomic E-state index is 0.0722. The van der Waals surface area contributed by atoms with Gasteiger partial charge in [-0.15, -0.1) is 0 Å². The third-order valence-corrected chi connectivity index (χ3v) is 7.23. The fraction of sp³-hybridized carbons (Fsp3) is 0.682. The summed E-state index contributed by atoms with van der Waals surface area (Å²) in [4.78, 5) is 19.9. The average molecular weight is 356 g/mol. The molecule has 0 bridgehead atoms. The Labute approximate surface area is 158 Å². The van der Waals surface area contributed by atoms with Crippen LogP contribution >= 0.6 is 0 Å². The largest absolute Gasteiger partial charge is 0.371 e. The lowest BCUT2D eigenvalue weighted by Crippen LogP contribution is -2.50. The number of carbonyl (C=O) groups excluding carboxylic acids is 1. The normalized spacial score (nSPS) is 28.3. The van der Waals surface area contributed by atoms with Crippen molar-refractivity contribution in [1.29, 1.82) is 0 Å². The lowest BCUT2D eigenvalue weighted by atomic mass is 9.78. The number of hydrogen-bond donors (Lipinski definition) is 0. The maximum absolute atomic E-state index is 12.8. The first-order valence-corrected chi connectivity index (χ1v) is 10.3. The highest BCUT2D eigenvalue weighted by molar-refractivity contribution is 5.84. The Balaban J connectivity index is 1.38. The molecule has 3 aliphatic rings. The Morgan fingerprint density at radius 2 is 1.81 bits per heavy atom. The van der Waals surface area contributed by atoms with E-state index < -0.39 is 0 Å². The summed E-state index contributed by atoms with van der Waals surface area (Å²) in [7, 11) is 1.98. The van der Waals surface area contributed by atoms with Gasteiger partial charge in [0.25, 0.3) is 0 Å². The van der Waals surface area contributed by atoms with E-state index in [0.29, 0.717) is 11.9 Å². The number of amides is 1. The molecule has 4 heteroatoms. The van der Waals surface area contributed by atoms with Gasteiger partial charge in [0.1, 0.15) is 0 Å². The van der Waals surface area contributed by atoms with Gasteiger partial charge in [0.05, 0.1) is 5.41 Å². The van der Waals surface area contributed by atoms with Gasteiger partial charge in [0.2, 0.25) is 5.91 Å². The van der Waals surface area contributed by atoms with Crippen molar-refractivity contribution in [2.24, 2.45) is 5.41 Å². The number of rotatable bonds is 2. The molecule has 0 aromatic heterocycles. The molecule has 26 heavy (non-hydrogen) atoms. The molecule has 0 radical (unpaired) electrons. The van der Waals surface area contributed by atoms with E-state index >= 15 is 0 Å². The van der Waals surface area contributed by atoms with Crippen LogP contribution in [0.1, 0.15) is 43.2 Å². The number of benzene rings is 1. The Morgan fingerprint density at radius 3 is 2.58 bits per heavy atom. The second-order valence-electron chi connectivity index (χ2n) is 8.77. The Kier molecular flexibility index (Phi) is 4.72. The van der Waals surface area contributed by atoms with Gasteiger partial charge in [-0.05, 0) is 69.7 Å². The molecule has 1 atom stereocenters. The van der Waals surface area contributed by atoms with E-state index in [2.05, 4.69) is 41.8 Å². The molecule has 3 saturated heterocycles. The van der Waals surface area contributed by atoms with E-state index in [-0.39, 0.29) is 5.41 Å². The molecule has 3 fully saturated rings. The number of nitrogens with zero attached hydrogens (tertiary/aromatic N) is 3. The van der Waals surface area contributed by atoms with E-state index in [9.17, 15) is 4.79 Å². The Hall–Kier alpha value is -1.55. The van der Waals surface area contributed by atoms with E-state index in [4.69, 9.17) is 0 Å². The van der Waals surface area contributed by atoms with E-state index in [1.165, 1.54) is 36.1 Å². The molecule has 1 aromatic rings. The number of anilines is 1. The Bertz CT molecular complexity index is 680. The van der Waals surface area contributed by atoms with Crippen LogP contribution in [-0.2, 0) is 4.79 Å². The topological polar surface area (TPSA) is 26.8 Å². The first kappa shape index (κ1) is 17.8. The van der Waals surface area contributed by atoms with Crippen LogP contribution < -0.4 is 4.90 Å². The lowest BCUT2D eigenvalue weighted by molar-refractivity contribution is -0.144. The summed E-state index contributed by atoms with van der Waals surface area (Å²) in [5, 5.41) is 0. The highest BCUT2D eigenvalue weighted by Crippen LogP contribution is 2.41. The van der Waals surface area contributed by atoms with Crippen LogP contribution in [0.25, 0.3) is 0 Å². The number of likely N-dealkylation sites (tertiary alicyclic amines) is 2. The summed E-state index contributed by atoms with van der Waals surface area (Å²) in [5.41, 5.74) is 4.13. The first-order chi connectivity index (χ1) is 12.5. The average Bonchev–Trinajstić information content (AvgIpc) is 3.07. The van der Waals surface area contributed by atoms with E-state index in [0.717, 1.165) is 45.6 Å². The first-order valence-electron chi connectivity index (χ1n) is 10.3. The van der Waals surface area contributed by atoms with Crippen LogP contribution in [0.2, 0.25) is 0 Å². The van der Waals surface area contributed by atoms with Gasteiger partial charge in [0.15, 0.2) is 0 Å². The maximum atomic E-state index is 12.8. The van der Waals surface area contributed by atoms with Crippen molar-refractivity contribution in [1.82, 2.24) is 9.80 Å². The predicted octanol–water partition coefficient (Wildman–Crippen LogP) is 3.22. The van der Waals surface area contributed by atoms with Crippen molar-refractivity contribution in [2.75, 3.05) is 44.7 Å². The molecule has 4 rings (SSSR count). The Morgan fingerprint density at radius 1 is 1.04 bits per heavy atom. The predicted molar refractivity (Wildman–Crippen MR) is 107 cm³/mol. The van der Waals surface area contributed by atoms with Gasteiger partial charge >= 0.3 is 0 Å².